The molecule has 0 radical (unpaired) electrons. The molecule has 4 aliphatic rings. The Hall–Kier alpha value is -1.05. The largest absolute Gasteiger partial charge is 0.394 e. The smallest absolute Gasteiger partial charge is 0.178 e. The lowest BCUT2D eigenvalue weighted by Crippen LogP contribution is -2.63. The van der Waals surface area contributed by atoms with Crippen molar-refractivity contribution in [3.63, 3.8) is 0 Å². The van der Waals surface area contributed by atoms with E-state index in [0.29, 0.717) is 31.3 Å². The molecule has 4 aliphatic carbocycles. The van der Waals surface area contributed by atoms with E-state index in [1.807, 2.05) is 19.9 Å². The monoisotopic (exact) mass is 378 g/mol. The minimum absolute atomic E-state index is 0.0103. The molecule has 5 N–H and O–H groups in total. The number of hydrogen-bond acceptors (Lipinski definition) is 6. The van der Waals surface area contributed by atoms with Gasteiger partial charge in [0.1, 0.15) is 6.10 Å². The maximum atomic E-state index is 11.9. The molecule has 0 spiro atoms. The second kappa shape index (κ2) is 5.97. The molecular formula is C21H30O6. The molecule has 9 atom stereocenters. The van der Waals surface area contributed by atoms with Crippen LogP contribution in [0.1, 0.15) is 39.5 Å². The van der Waals surface area contributed by atoms with Crippen molar-refractivity contribution in [2.45, 2.75) is 63.4 Å². The zero-order valence-corrected chi connectivity index (χ0v) is 15.9. The predicted octanol–water partition coefficient (Wildman–Crippen LogP) is 0.320. The van der Waals surface area contributed by atoms with Crippen LogP contribution in [0, 0.1) is 28.6 Å². The summed E-state index contributed by atoms with van der Waals surface area (Å²) in [5.41, 5.74) is -2.14. The third-order valence-corrected chi connectivity index (χ3v) is 8.45. The summed E-state index contributed by atoms with van der Waals surface area (Å²) in [5.74, 6) is -0.343. The quantitative estimate of drug-likeness (QED) is 0.472. The van der Waals surface area contributed by atoms with Crippen molar-refractivity contribution in [2.24, 2.45) is 28.6 Å². The molecule has 27 heavy (non-hydrogen) atoms. The Kier molecular flexibility index (Phi) is 4.26. The van der Waals surface area contributed by atoms with Crippen molar-refractivity contribution < 1.29 is 30.3 Å². The summed E-state index contributed by atoms with van der Waals surface area (Å²) in [6.45, 7) is 3.34. The number of carbonyl (C=O) groups excluding carboxylic acids is 1. The molecule has 0 bridgehead atoms. The summed E-state index contributed by atoms with van der Waals surface area (Å²) in [5, 5.41) is 53.1. The number of aliphatic hydroxyl groups excluding tert-OH is 4. The lowest BCUT2D eigenvalue weighted by Gasteiger charge is -2.61. The average molecular weight is 378 g/mol. The first-order valence-corrected chi connectivity index (χ1v) is 9.91. The van der Waals surface area contributed by atoms with E-state index in [1.165, 1.54) is 12.2 Å². The van der Waals surface area contributed by atoms with Crippen molar-refractivity contribution in [2.75, 3.05) is 6.61 Å². The van der Waals surface area contributed by atoms with E-state index in [-0.39, 0.29) is 23.5 Å². The molecule has 0 saturated heterocycles. The molecule has 0 amide bonds. The van der Waals surface area contributed by atoms with Gasteiger partial charge in [-0.3, -0.25) is 4.79 Å². The van der Waals surface area contributed by atoms with Crippen LogP contribution in [0.25, 0.3) is 0 Å². The number of ketones is 1. The number of fused-ring (bicyclic) bond motifs is 5. The third-order valence-electron chi connectivity index (χ3n) is 8.45. The molecule has 0 aromatic rings. The van der Waals surface area contributed by atoms with Gasteiger partial charge in [0.05, 0.1) is 24.4 Å². The highest BCUT2D eigenvalue weighted by molar-refractivity contribution is 6.01. The summed E-state index contributed by atoms with van der Waals surface area (Å²) >= 11 is 0. The van der Waals surface area contributed by atoms with Gasteiger partial charge in [0.2, 0.25) is 0 Å². The van der Waals surface area contributed by atoms with E-state index >= 15 is 0 Å². The van der Waals surface area contributed by atoms with Crippen LogP contribution in [0.5, 0.6) is 0 Å². The molecule has 6 heteroatoms. The zero-order chi connectivity index (χ0) is 19.8. The van der Waals surface area contributed by atoms with Gasteiger partial charge in [-0.1, -0.05) is 19.9 Å². The predicted molar refractivity (Wildman–Crippen MR) is 97.4 cm³/mol. The topological polar surface area (TPSA) is 118 Å². The van der Waals surface area contributed by atoms with E-state index in [9.17, 15) is 30.3 Å². The van der Waals surface area contributed by atoms with Crippen molar-refractivity contribution in [1.82, 2.24) is 0 Å². The maximum absolute atomic E-state index is 11.9. The van der Waals surface area contributed by atoms with Crippen LogP contribution in [0.15, 0.2) is 23.8 Å². The summed E-state index contributed by atoms with van der Waals surface area (Å²) in [6, 6.07) is 0. The van der Waals surface area contributed by atoms with Gasteiger partial charge in [-0.15, -0.1) is 0 Å². The molecule has 1 unspecified atom stereocenters. The Morgan fingerprint density at radius 3 is 2.67 bits per heavy atom. The molecule has 0 aromatic heterocycles. The van der Waals surface area contributed by atoms with Gasteiger partial charge >= 0.3 is 0 Å². The van der Waals surface area contributed by atoms with Gasteiger partial charge in [0.25, 0.3) is 0 Å². The molecule has 6 nitrogen and oxygen atoms in total. The first-order valence-electron chi connectivity index (χ1n) is 9.91. The molecular weight excluding hydrogens is 348 g/mol. The number of allylic oxidation sites excluding steroid dienone is 3. The van der Waals surface area contributed by atoms with Crippen molar-refractivity contribution in [1.29, 1.82) is 0 Å². The molecule has 3 saturated carbocycles. The van der Waals surface area contributed by atoms with Crippen LogP contribution < -0.4 is 0 Å². The van der Waals surface area contributed by atoms with Gasteiger partial charge in [-0.2, -0.15) is 0 Å². The Morgan fingerprint density at radius 1 is 1.30 bits per heavy atom. The molecule has 0 aliphatic heterocycles. The number of rotatable bonds is 2. The molecule has 0 aromatic carbocycles. The summed E-state index contributed by atoms with van der Waals surface area (Å²) < 4.78 is 0. The normalized spacial score (nSPS) is 52.6. The number of carbonyl (C=O) groups is 1. The summed E-state index contributed by atoms with van der Waals surface area (Å²) in [4.78, 5) is 11.9. The molecule has 3 fully saturated rings. The fraction of sp³-hybridized carbons (Fsp3) is 0.762. The minimum Gasteiger partial charge on any atom is -0.394 e. The molecule has 0 heterocycles. The lowest BCUT2D eigenvalue weighted by molar-refractivity contribution is -0.207. The third kappa shape index (κ3) is 2.34. The average Bonchev–Trinajstić information content (AvgIpc) is 2.87. The van der Waals surface area contributed by atoms with Gasteiger partial charge < -0.3 is 25.5 Å². The molecule has 150 valence electrons. The second-order valence-electron chi connectivity index (χ2n) is 9.52. The van der Waals surface area contributed by atoms with Gasteiger partial charge in [-0.25, -0.2) is 0 Å². The first-order chi connectivity index (χ1) is 12.6. The SMILES string of the molecule is C[C@]12C=CC(=O)C=C1[C@H](O)C[C@@H]1[C@@H]2[C@@H](O)C[C@@]2(C)[C@H]1CC[C@]2(O)C(O)CO. The van der Waals surface area contributed by atoms with E-state index in [0.717, 1.165) is 0 Å². The fourth-order valence-corrected chi connectivity index (χ4v) is 7.12. The Bertz CT molecular complexity index is 715. The zero-order valence-electron chi connectivity index (χ0n) is 15.9. The van der Waals surface area contributed by atoms with E-state index < -0.39 is 41.3 Å². The Balaban J connectivity index is 1.77. The standard InChI is InChI=1S/C21H30O6/c1-19-5-3-11(23)7-14(19)15(24)8-12-13-4-6-21(27,17(26)10-22)20(13,2)9-16(25)18(12)19/h3,5,7,12-13,15-18,22,24-27H,4,6,8-10H2,1-2H3/t12-,13-,15+,16-,17?,18+,19-,20-,21-/m0/s1. The summed E-state index contributed by atoms with van der Waals surface area (Å²) in [7, 11) is 0. The van der Waals surface area contributed by atoms with Crippen LogP contribution in [0.3, 0.4) is 0 Å². The second-order valence-corrected chi connectivity index (χ2v) is 9.52. The molecule has 4 rings (SSSR count). The number of hydrogen-bond donors (Lipinski definition) is 5. The minimum atomic E-state index is -1.46. The maximum Gasteiger partial charge on any atom is 0.178 e. The Labute approximate surface area is 159 Å². The number of aliphatic hydroxyl groups is 5. The van der Waals surface area contributed by atoms with Gasteiger partial charge in [0, 0.05) is 16.7 Å². The van der Waals surface area contributed by atoms with Crippen LogP contribution in [0.2, 0.25) is 0 Å². The van der Waals surface area contributed by atoms with Gasteiger partial charge in [0.15, 0.2) is 5.78 Å². The fourth-order valence-electron chi connectivity index (χ4n) is 7.12. The van der Waals surface area contributed by atoms with Crippen molar-refractivity contribution >= 4 is 5.78 Å². The van der Waals surface area contributed by atoms with E-state index in [4.69, 9.17) is 0 Å². The van der Waals surface area contributed by atoms with Crippen molar-refractivity contribution in [3.05, 3.63) is 23.8 Å². The van der Waals surface area contributed by atoms with Crippen LogP contribution in [0.4, 0.5) is 0 Å². The van der Waals surface area contributed by atoms with E-state index in [2.05, 4.69) is 0 Å². The highest BCUT2D eigenvalue weighted by atomic mass is 16.4. The van der Waals surface area contributed by atoms with Crippen LogP contribution >= 0.6 is 0 Å². The Morgan fingerprint density at radius 2 is 2.00 bits per heavy atom. The van der Waals surface area contributed by atoms with Crippen molar-refractivity contribution in [3.8, 4) is 0 Å². The highest BCUT2D eigenvalue weighted by Crippen LogP contribution is 2.67. The lowest BCUT2D eigenvalue weighted by atomic mass is 9.45. The van der Waals surface area contributed by atoms with Crippen LogP contribution in [-0.4, -0.2) is 61.8 Å². The first kappa shape index (κ1) is 19.3. The van der Waals surface area contributed by atoms with Gasteiger partial charge in [-0.05, 0) is 55.2 Å². The summed E-state index contributed by atoms with van der Waals surface area (Å²) in [6.07, 6.45) is 3.83. The van der Waals surface area contributed by atoms with Crippen LogP contribution in [-0.2, 0) is 4.79 Å². The highest BCUT2D eigenvalue weighted by Gasteiger charge is 2.68. The van der Waals surface area contributed by atoms with E-state index in [1.54, 1.807) is 0 Å².